The molecule has 7 nitrogen and oxygen atoms in total. The molecule has 0 saturated heterocycles. The molecule has 0 fully saturated rings. The van der Waals surface area contributed by atoms with E-state index in [-0.39, 0.29) is 11.8 Å². The summed E-state index contributed by atoms with van der Waals surface area (Å²) in [7, 11) is 0. The quantitative estimate of drug-likeness (QED) is 0.188. The first-order valence-electron chi connectivity index (χ1n) is 7.36. The molecule has 0 bridgehead atoms. The minimum atomic E-state index is -0.647. The van der Waals surface area contributed by atoms with Crippen molar-refractivity contribution in [1.29, 1.82) is 0 Å². The number of aliphatic hydroxyl groups is 1. The summed E-state index contributed by atoms with van der Waals surface area (Å²) in [5, 5.41) is 15.7. The van der Waals surface area contributed by atoms with Gasteiger partial charge in [-0.1, -0.05) is 6.42 Å². The van der Waals surface area contributed by atoms with Gasteiger partial charge in [0, 0.05) is 0 Å². The van der Waals surface area contributed by atoms with Crippen molar-refractivity contribution >= 4 is 5.78 Å². The van der Waals surface area contributed by atoms with E-state index in [0.717, 1.165) is 25.7 Å². The van der Waals surface area contributed by atoms with Gasteiger partial charge in [0.05, 0.1) is 6.04 Å². The first kappa shape index (κ1) is 19.4. The van der Waals surface area contributed by atoms with E-state index in [1.165, 1.54) is 6.92 Å². The van der Waals surface area contributed by atoms with E-state index < -0.39 is 12.5 Å². The van der Waals surface area contributed by atoms with Crippen molar-refractivity contribution in [3.8, 4) is 0 Å². The van der Waals surface area contributed by atoms with Crippen LogP contribution in [-0.2, 0) is 4.79 Å². The highest BCUT2D eigenvalue weighted by Crippen LogP contribution is 2.05. The molecule has 0 aliphatic carbocycles. The second kappa shape index (κ2) is 12.2. The highest BCUT2D eigenvalue weighted by Gasteiger charge is 2.16. The Labute approximate surface area is 121 Å². The van der Waals surface area contributed by atoms with Crippen LogP contribution >= 0.6 is 0 Å². The number of hydrogen-bond donors (Lipinski definition) is 6. The molecule has 0 aromatic heterocycles. The second-order valence-corrected chi connectivity index (χ2v) is 5.11. The van der Waals surface area contributed by atoms with Gasteiger partial charge in [0.15, 0.2) is 0 Å². The highest BCUT2D eigenvalue weighted by atomic mass is 16.3. The van der Waals surface area contributed by atoms with Gasteiger partial charge < -0.3 is 22.3 Å². The summed E-state index contributed by atoms with van der Waals surface area (Å²) in [5.41, 5.74) is 16.1. The van der Waals surface area contributed by atoms with E-state index in [0.29, 0.717) is 25.9 Å². The van der Waals surface area contributed by atoms with Gasteiger partial charge in [-0.2, -0.15) is 0 Å². The molecule has 0 rings (SSSR count). The van der Waals surface area contributed by atoms with Gasteiger partial charge in [0.2, 0.25) is 0 Å². The standard InChI is InChI=1S/C13H31N5O2/c1-10(19)11(6-5-9-17-13(15)16)18-12(20)7-3-2-4-8-14/h11-13,17-18,20H,2-9,14-16H2,1H3/t11-,12?/m0/s1. The maximum Gasteiger partial charge on any atom is 0.146 e. The average Bonchev–Trinajstić information content (AvgIpc) is 2.37. The summed E-state index contributed by atoms with van der Waals surface area (Å²) in [6.45, 7) is 2.85. The van der Waals surface area contributed by atoms with Crippen LogP contribution < -0.4 is 27.8 Å². The molecule has 120 valence electrons. The fraction of sp³-hybridized carbons (Fsp3) is 0.923. The average molecular weight is 289 g/mol. The van der Waals surface area contributed by atoms with Crippen LogP contribution in [0, 0.1) is 0 Å². The lowest BCUT2D eigenvalue weighted by molar-refractivity contribution is -0.120. The molecule has 0 aliphatic rings. The van der Waals surface area contributed by atoms with E-state index in [9.17, 15) is 9.90 Å². The molecule has 2 atom stereocenters. The fourth-order valence-electron chi connectivity index (χ4n) is 1.95. The van der Waals surface area contributed by atoms with E-state index in [1.807, 2.05) is 0 Å². The monoisotopic (exact) mass is 289 g/mol. The molecule has 0 spiro atoms. The van der Waals surface area contributed by atoms with Gasteiger partial charge in [-0.05, 0) is 52.1 Å². The van der Waals surface area contributed by atoms with Crippen molar-refractivity contribution in [3.63, 3.8) is 0 Å². The van der Waals surface area contributed by atoms with Gasteiger partial charge in [0.25, 0.3) is 0 Å². The molecular formula is C13H31N5O2. The summed E-state index contributed by atoms with van der Waals surface area (Å²) in [5.74, 6) is 0.0306. The molecular weight excluding hydrogens is 258 g/mol. The fourth-order valence-corrected chi connectivity index (χ4v) is 1.95. The number of unbranched alkanes of at least 4 members (excludes halogenated alkanes) is 2. The number of nitrogens with one attached hydrogen (secondary N) is 2. The number of ketones is 1. The Morgan fingerprint density at radius 3 is 2.40 bits per heavy atom. The number of nitrogens with two attached hydrogens (primary N) is 3. The number of hydrogen-bond acceptors (Lipinski definition) is 7. The third-order valence-electron chi connectivity index (χ3n) is 3.12. The Balaban J connectivity index is 3.85. The summed E-state index contributed by atoms with van der Waals surface area (Å²) < 4.78 is 0. The largest absolute Gasteiger partial charge is 0.379 e. The molecule has 0 saturated carbocycles. The summed E-state index contributed by atoms with van der Waals surface area (Å²) >= 11 is 0. The van der Waals surface area contributed by atoms with Crippen LogP contribution in [0.2, 0.25) is 0 Å². The maximum absolute atomic E-state index is 11.5. The van der Waals surface area contributed by atoms with Crippen molar-refractivity contribution in [1.82, 2.24) is 10.6 Å². The van der Waals surface area contributed by atoms with Crippen LogP contribution in [0.15, 0.2) is 0 Å². The van der Waals surface area contributed by atoms with Gasteiger partial charge in [-0.25, -0.2) is 0 Å². The van der Waals surface area contributed by atoms with Crippen LogP contribution in [-0.4, -0.2) is 42.5 Å². The zero-order valence-electron chi connectivity index (χ0n) is 12.5. The molecule has 0 aromatic carbocycles. The topological polar surface area (TPSA) is 139 Å². The first-order chi connectivity index (χ1) is 9.47. The van der Waals surface area contributed by atoms with Crippen LogP contribution in [0.5, 0.6) is 0 Å². The van der Waals surface area contributed by atoms with Crippen molar-refractivity contribution in [3.05, 3.63) is 0 Å². The Bertz CT molecular complexity index is 251. The van der Waals surface area contributed by atoms with Gasteiger partial charge in [0.1, 0.15) is 18.3 Å². The zero-order valence-corrected chi connectivity index (χ0v) is 12.5. The lowest BCUT2D eigenvalue weighted by Crippen LogP contribution is -2.46. The summed E-state index contributed by atoms with van der Waals surface area (Å²) in [6, 6.07) is -0.324. The number of Topliss-reactive ketones (excluding diaryl/α,β-unsaturated/α-hetero) is 1. The molecule has 1 unspecified atom stereocenters. The van der Waals surface area contributed by atoms with Gasteiger partial charge >= 0.3 is 0 Å². The van der Waals surface area contributed by atoms with Crippen molar-refractivity contribution in [2.75, 3.05) is 13.1 Å². The summed E-state index contributed by atoms with van der Waals surface area (Å²) in [4.78, 5) is 11.5. The summed E-state index contributed by atoms with van der Waals surface area (Å²) in [6.07, 6.45) is 3.73. The molecule has 0 aromatic rings. The van der Waals surface area contributed by atoms with Crippen LogP contribution in [0.1, 0.15) is 45.4 Å². The SMILES string of the molecule is CC(=O)[C@H](CCCNC(N)N)NC(O)CCCCCN. The van der Waals surface area contributed by atoms with Gasteiger partial charge in [-0.3, -0.25) is 15.4 Å². The Kier molecular flexibility index (Phi) is 11.8. The Morgan fingerprint density at radius 1 is 1.15 bits per heavy atom. The molecule has 0 aliphatic heterocycles. The van der Waals surface area contributed by atoms with Crippen LogP contribution in [0.25, 0.3) is 0 Å². The van der Waals surface area contributed by atoms with Crippen LogP contribution in [0.4, 0.5) is 0 Å². The first-order valence-corrected chi connectivity index (χ1v) is 7.36. The van der Waals surface area contributed by atoms with E-state index >= 15 is 0 Å². The number of rotatable bonds is 13. The van der Waals surface area contributed by atoms with Gasteiger partial charge in [-0.15, -0.1) is 0 Å². The Morgan fingerprint density at radius 2 is 1.85 bits per heavy atom. The normalized spacial score (nSPS) is 14.5. The number of carbonyl (C=O) groups excluding carboxylic acids is 1. The maximum atomic E-state index is 11.5. The van der Waals surface area contributed by atoms with Crippen molar-refractivity contribution < 1.29 is 9.90 Å². The predicted octanol–water partition coefficient (Wildman–Crippen LogP) is -1.06. The predicted molar refractivity (Wildman–Crippen MR) is 80.5 cm³/mol. The van der Waals surface area contributed by atoms with E-state index in [1.54, 1.807) is 0 Å². The molecule has 20 heavy (non-hydrogen) atoms. The highest BCUT2D eigenvalue weighted by molar-refractivity contribution is 5.81. The molecule has 7 heteroatoms. The smallest absolute Gasteiger partial charge is 0.146 e. The number of carbonyl (C=O) groups is 1. The third-order valence-corrected chi connectivity index (χ3v) is 3.12. The van der Waals surface area contributed by atoms with Crippen LogP contribution in [0.3, 0.4) is 0 Å². The molecule has 0 heterocycles. The van der Waals surface area contributed by atoms with E-state index in [2.05, 4.69) is 10.6 Å². The molecule has 9 N–H and O–H groups in total. The number of aliphatic hydroxyl groups excluding tert-OH is 1. The zero-order chi connectivity index (χ0) is 15.4. The van der Waals surface area contributed by atoms with Crippen molar-refractivity contribution in [2.24, 2.45) is 17.2 Å². The minimum absolute atomic E-state index is 0.0306. The second-order valence-electron chi connectivity index (χ2n) is 5.11. The third kappa shape index (κ3) is 11.3. The minimum Gasteiger partial charge on any atom is -0.379 e. The lowest BCUT2D eigenvalue weighted by Gasteiger charge is -2.20. The van der Waals surface area contributed by atoms with E-state index in [4.69, 9.17) is 17.2 Å². The Hall–Kier alpha value is -0.570. The lowest BCUT2D eigenvalue weighted by atomic mass is 10.1. The van der Waals surface area contributed by atoms with Crippen molar-refractivity contribution in [2.45, 2.75) is 64.0 Å². The molecule has 0 amide bonds. The molecule has 0 radical (unpaired) electrons.